The molecule has 21 heavy (non-hydrogen) atoms. The van der Waals surface area contributed by atoms with E-state index in [-0.39, 0.29) is 5.56 Å². The summed E-state index contributed by atoms with van der Waals surface area (Å²) < 4.78 is 4.75. The summed E-state index contributed by atoms with van der Waals surface area (Å²) in [5, 5.41) is 9.16. The first-order valence-corrected chi connectivity index (χ1v) is 7.23. The van der Waals surface area contributed by atoms with Gasteiger partial charge in [0.05, 0.1) is 18.2 Å². The lowest BCUT2D eigenvalue weighted by atomic mass is 10.1. The van der Waals surface area contributed by atoms with Gasteiger partial charge in [-0.1, -0.05) is 30.3 Å². The van der Waals surface area contributed by atoms with Gasteiger partial charge in [-0.15, -0.1) is 11.8 Å². The van der Waals surface area contributed by atoms with Gasteiger partial charge in [-0.2, -0.15) is 0 Å². The maximum atomic E-state index is 11.7. The van der Waals surface area contributed by atoms with Crippen molar-refractivity contribution in [3.63, 3.8) is 0 Å². The predicted molar refractivity (Wildman–Crippen MR) is 80.7 cm³/mol. The zero-order valence-electron chi connectivity index (χ0n) is 11.4. The standard InChI is InChI=1S/C16H14O4S/c1-20-16(19)12-7-3-2-6-11(12)10-21-14-9-5-4-8-13(14)15(17)18/h2-9H,10H2,1H3,(H,17,18). The first kappa shape index (κ1) is 15.1. The highest BCUT2D eigenvalue weighted by molar-refractivity contribution is 7.98. The molecular weight excluding hydrogens is 288 g/mol. The molecule has 0 aliphatic carbocycles. The Kier molecular flexibility index (Phi) is 5.00. The molecule has 0 fully saturated rings. The summed E-state index contributed by atoms with van der Waals surface area (Å²) in [7, 11) is 1.34. The number of esters is 1. The van der Waals surface area contributed by atoms with E-state index in [9.17, 15) is 9.59 Å². The first-order chi connectivity index (χ1) is 10.1. The van der Waals surface area contributed by atoms with Crippen LogP contribution in [0.15, 0.2) is 53.4 Å². The van der Waals surface area contributed by atoms with Crippen molar-refractivity contribution in [3.8, 4) is 0 Å². The molecule has 0 amide bonds. The van der Waals surface area contributed by atoms with E-state index >= 15 is 0 Å². The molecule has 0 aliphatic rings. The number of carboxylic acid groups (broad SMARTS) is 1. The summed E-state index contributed by atoms with van der Waals surface area (Å²) >= 11 is 1.38. The molecule has 0 heterocycles. The van der Waals surface area contributed by atoms with E-state index in [4.69, 9.17) is 9.84 Å². The average Bonchev–Trinajstić information content (AvgIpc) is 2.52. The van der Waals surface area contributed by atoms with E-state index in [0.717, 1.165) is 5.56 Å². The van der Waals surface area contributed by atoms with Crippen LogP contribution in [0.25, 0.3) is 0 Å². The molecule has 0 radical (unpaired) electrons. The van der Waals surface area contributed by atoms with Crippen LogP contribution in [0.2, 0.25) is 0 Å². The molecule has 0 spiro atoms. The van der Waals surface area contributed by atoms with E-state index in [2.05, 4.69) is 0 Å². The van der Waals surface area contributed by atoms with Crippen LogP contribution in [0.3, 0.4) is 0 Å². The Hall–Kier alpha value is -2.27. The lowest BCUT2D eigenvalue weighted by Gasteiger charge is -2.09. The monoisotopic (exact) mass is 302 g/mol. The van der Waals surface area contributed by atoms with Gasteiger partial charge in [-0.05, 0) is 23.8 Å². The second-order valence-electron chi connectivity index (χ2n) is 4.24. The molecule has 2 aromatic carbocycles. The second-order valence-corrected chi connectivity index (χ2v) is 5.26. The molecule has 2 aromatic rings. The molecule has 0 bridgehead atoms. The zero-order valence-corrected chi connectivity index (χ0v) is 12.2. The number of hydrogen-bond donors (Lipinski definition) is 1. The fraction of sp³-hybridized carbons (Fsp3) is 0.125. The maximum Gasteiger partial charge on any atom is 0.338 e. The van der Waals surface area contributed by atoms with Crippen LogP contribution in [0.1, 0.15) is 26.3 Å². The highest BCUT2D eigenvalue weighted by Gasteiger charge is 2.13. The highest BCUT2D eigenvalue weighted by atomic mass is 32.2. The number of hydrogen-bond acceptors (Lipinski definition) is 4. The van der Waals surface area contributed by atoms with Crippen LogP contribution in [0.5, 0.6) is 0 Å². The van der Waals surface area contributed by atoms with E-state index in [1.807, 2.05) is 12.1 Å². The molecule has 1 N–H and O–H groups in total. The van der Waals surface area contributed by atoms with Gasteiger partial charge in [0, 0.05) is 10.6 Å². The van der Waals surface area contributed by atoms with Crippen LogP contribution in [0, 0.1) is 0 Å². The van der Waals surface area contributed by atoms with Crippen LogP contribution < -0.4 is 0 Å². The average molecular weight is 302 g/mol. The van der Waals surface area contributed by atoms with Gasteiger partial charge in [0.15, 0.2) is 0 Å². The first-order valence-electron chi connectivity index (χ1n) is 6.25. The zero-order chi connectivity index (χ0) is 15.2. The maximum absolute atomic E-state index is 11.7. The molecule has 0 atom stereocenters. The number of carbonyl (C=O) groups is 2. The van der Waals surface area contributed by atoms with Gasteiger partial charge in [0.1, 0.15) is 0 Å². The summed E-state index contributed by atoms with van der Waals surface area (Å²) in [6, 6.07) is 14.0. The van der Waals surface area contributed by atoms with Gasteiger partial charge in [-0.25, -0.2) is 9.59 Å². The molecule has 108 valence electrons. The Balaban J connectivity index is 2.21. The highest BCUT2D eigenvalue weighted by Crippen LogP contribution is 2.27. The van der Waals surface area contributed by atoms with Crippen molar-refractivity contribution in [3.05, 3.63) is 65.2 Å². The normalized spacial score (nSPS) is 10.1. The molecule has 5 heteroatoms. The lowest BCUT2D eigenvalue weighted by Crippen LogP contribution is -2.05. The fourth-order valence-corrected chi connectivity index (χ4v) is 2.93. The molecule has 0 saturated heterocycles. The Morgan fingerprint density at radius 2 is 1.67 bits per heavy atom. The fourth-order valence-electron chi connectivity index (χ4n) is 1.88. The number of ether oxygens (including phenoxy) is 1. The van der Waals surface area contributed by atoms with Crippen molar-refractivity contribution >= 4 is 23.7 Å². The van der Waals surface area contributed by atoms with Crippen molar-refractivity contribution in [1.29, 1.82) is 0 Å². The number of methoxy groups -OCH3 is 1. The number of thioether (sulfide) groups is 1. The van der Waals surface area contributed by atoms with Crippen LogP contribution in [-0.4, -0.2) is 24.2 Å². The van der Waals surface area contributed by atoms with Crippen molar-refractivity contribution in [2.24, 2.45) is 0 Å². The number of aromatic carboxylic acids is 1. The van der Waals surface area contributed by atoms with Gasteiger partial charge >= 0.3 is 11.9 Å². The third-order valence-electron chi connectivity index (χ3n) is 2.92. The quantitative estimate of drug-likeness (QED) is 0.677. The second kappa shape index (κ2) is 6.95. The summed E-state index contributed by atoms with van der Waals surface area (Å²) in [6.07, 6.45) is 0. The predicted octanol–water partition coefficient (Wildman–Crippen LogP) is 3.46. The molecule has 0 aliphatic heterocycles. The van der Waals surface area contributed by atoms with Crippen LogP contribution >= 0.6 is 11.8 Å². The minimum Gasteiger partial charge on any atom is -0.478 e. The largest absolute Gasteiger partial charge is 0.478 e. The summed E-state index contributed by atoms with van der Waals surface area (Å²) in [5.41, 5.74) is 1.58. The molecule has 0 saturated carbocycles. The van der Waals surface area contributed by atoms with Crippen molar-refractivity contribution in [2.75, 3.05) is 7.11 Å². The van der Waals surface area contributed by atoms with E-state index < -0.39 is 11.9 Å². The smallest absolute Gasteiger partial charge is 0.338 e. The van der Waals surface area contributed by atoms with Gasteiger partial charge in [0.2, 0.25) is 0 Å². The van der Waals surface area contributed by atoms with Gasteiger partial charge in [-0.3, -0.25) is 0 Å². The lowest BCUT2D eigenvalue weighted by molar-refractivity contribution is 0.0598. The number of rotatable bonds is 5. The minimum absolute atomic E-state index is 0.262. The molecular formula is C16H14O4S. The number of benzene rings is 2. The Morgan fingerprint density at radius 1 is 1.05 bits per heavy atom. The van der Waals surface area contributed by atoms with Crippen molar-refractivity contribution < 1.29 is 19.4 Å². The van der Waals surface area contributed by atoms with Crippen LogP contribution in [0.4, 0.5) is 0 Å². The summed E-state index contributed by atoms with van der Waals surface area (Å²) in [4.78, 5) is 23.5. The summed E-state index contributed by atoms with van der Waals surface area (Å²) in [6.45, 7) is 0. The Labute approximate surface area is 126 Å². The summed E-state index contributed by atoms with van der Waals surface area (Å²) in [5.74, 6) is -0.854. The third kappa shape index (κ3) is 3.64. The van der Waals surface area contributed by atoms with Gasteiger partial charge in [0.25, 0.3) is 0 Å². The van der Waals surface area contributed by atoms with Gasteiger partial charge < -0.3 is 9.84 Å². The van der Waals surface area contributed by atoms with E-state index in [1.165, 1.54) is 18.9 Å². The van der Waals surface area contributed by atoms with Crippen molar-refractivity contribution in [2.45, 2.75) is 10.6 Å². The van der Waals surface area contributed by atoms with E-state index in [1.54, 1.807) is 36.4 Å². The molecule has 2 rings (SSSR count). The van der Waals surface area contributed by atoms with Crippen LogP contribution in [-0.2, 0) is 10.5 Å². The SMILES string of the molecule is COC(=O)c1ccccc1CSc1ccccc1C(=O)O. The molecule has 0 aromatic heterocycles. The van der Waals surface area contributed by atoms with Crippen molar-refractivity contribution in [1.82, 2.24) is 0 Å². The minimum atomic E-state index is -0.959. The topological polar surface area (TPSA) is 63.6 Å². The number of carboxylic acids is 1. The Bertz CT molecular complexity index is 667. The molecule has 4 nitrogen and oxygen atoms in total. The number of carbonyl (C=O) groups excluding carboxylic acids is 1. The Morgan fingerprint density at radius 3 is 2.33 bits per heavy atom. The third-order valence-corrected chi connectivity index (χ3v) is 4.05. The van der Waals surface area contributed by atoms with E-state index in [0.29, 0.717) is 16.2 Å². The molecule has 0 unspecified atom stereocenters.